The molecule has 0 unspecified atom stereocenters. The molecule has 1 aromatic heterocycles. The number of hydrogen-bond donors (Lipinski definition) is 1. The largest absolute Gasteiger partial charge is 0.324 e. The molecule has 25 heavy (non-hydrogen) atoms. The number of benzene rings is 2. The topological polar surface area (TPSA) is 42.7 Å². The average Bonchev–Trinajstić information content (AvgIpc) is 3.05. The summed E-state index contributed by atoms with van der Waals surface area (Å²) in [5.41, 5.74) is 3.32. The number of thioether (sulfide) groups is 1. The van der Waals surface area contributed by atoms with Crippen molar-refractivity contribution < 1.29 is 0 Å². The molecule has 2 heterocycles. The van der Waals surface area contributed by atoms with Crippen LogP contribution in [0.15, 0.2) is 68.7 Å². The SMILES string of the molecule is CSc1nc2n(n1)[C@H](c1ccc(Br)cc1)C=C(c1ccc(Br)cc1)N2. The highest BCUT2D eigenvalue weighted by Crippen LogP contribution is 2.34. The Morgan fingerprint density at radius 3 is 2.28 bits per heavy atom. The first-order chi connectivity index (χ1) is 12.1. The van der Waals surface area contributed by atoms with Crippen LogP contribution >= 0.6 is 43.6 Å². The molecular weight excluding hydrogens is 464 g/mol. The highest BCUT2D eigenvalue weighted by molar-refractivity contribution is 9.10. The van der Waals surface area contributed by atoms with Gasteiger partial charge in [-0.2, -0.15) is 4.98 Å². The molecule has 1 atom stereocenters. The molecule has 0 radical (unpaired) electrons. The smallest absolute Gasteiger partial charge is 0.227 e. The summed E-state index contributed by atoms with van der Waals surface area (Å²) >= 11 is 8.53. The van der Waals surface area contributed by atoms with Crippen LogP contribution in [0.1, 0.15) is 17.2 Å². The van der Waals surface area contributed by atoms with Crippen LogP contribution in [-0.4, -0.2) is 21.0 Å². The molecule has 0 bridgehead atoms. The van der Waals surface area contributed by atoms with E-state index < -0.39 is 0 Å². The van der Waals surface area contributed by atoms with E-state index in [9.17, 15) is 0 Å². The minimum Gasteiger partial charge on any atom is -0.324 e. The highest BCUT2D eigenvalue weighted by atomic mass is 79.9. The number of allylic oxidation sites excluding steroid dienone is 1. The molecule has 4 rings (SSSR count). The lowest BCUT2D eigenvalue weighted by Crippen LogP contribution is -2.20. The lowest BCUT2D eigenvalue weighted by Gasteiger charge is -2.24. The van der Waals surface area contributed by atoms with E-state index in [0.29, 0.717) is 0 Å². The fourth-order valence-corrected chi connectivity index (χ4v) is 3.63. The van der Waals surface area contributed by atoms with Crippen LogP contribution in [-0.2, 0) is 0 Å². The molecular formula is C18H14Br2N4S. The molecule has 126 valence electrons. The van der Waals surface area contributed by atoms with E-state index in [1.54, 1.807) is 11.8 Å². The molecule has 1 aliphatic rings. The molecule has 4 nitrogen and oxygen atoms in total. The minimum atomic E-state index is -0.00334. The van der Waals surface area contributed by atoms with Crippen LogP contribution in [0.4, 0.5) is 5.95 Å². The Labute approximate surface area is 167 Å². The van der Waals surface area contributed by atoms with E-state index in [1.165, 1.54) is 0 Å². The first-order valence-electron chi connectivity index (χ1n) is 7.65. The molecule has 0 fully saturated rings. The molecule has 7 heteroatoms. The Balaban J connectivity index is 1.81. The highest BCUT2D eigenvalue weighted by Gasteiger charge is 2.25. The Bertz CT molecular complexity index is 933. The molecule has 0 spiro atoms. The van der Waals surface area contributed by atoms with Gasteiger partial charge >= 0.3 is 0 Å². The third kappa shape index (κ3) is 3.41. The van der Waals surface area contributed by atoms with Crippen molar-refractivity contribution in [3.63, 3.8) is 0 Å². The second-order valence-electron chi connectivity index (χ2n) is 5.58. The summed E-state index contributed by atoms with van der Waals surface area (Å²) in [6, 6.07) is 16.6. The van der Waals surface area contributed by atoms with E-state index in [-0.39, 0.29) is 6.04 Å². The van der Waals surface area contributed by atoms with Gasteiger partial charge in [0, 0.05) is 14.6 Å². The van der Waals surface area contributed by atoms with Gasteiger partial charge in [-0.05, 0) is 47.7 Å². The van der Waals surface area contributed by atoms with Crippen molar-refractivity contribution >= 4 is 55.3 Å². The second kappa shape index (κ2) is 6.97. The van der Waals surface area contributed by atoms with Crippen LogP contribution in [0.25, 0.3) is 5.70 Å². The lowest BCUT2D eigenvalue weighted by molar-refractivity contribution is 0.598. The number of fused-ring (bicyclic) bond motifs is 1. The zero-order valence-electron chi connectivity index (χ0n) is 13.3. The zero-order chi connectivity index (χ0) is 17.4. The predicted molar refractivity (Wildman–Crippen MR) is 110 cm³/mol. The van der Waals surface area contributed by atoms with Crippen molar-refractivity contribution in [3.8, 4) is 0 Å². The van der Waals surface area contributed by atoms with Gasteiger partial charge in [0.15, 0.2) is 0 Å². The van der Waals surface area contributed by atoms with Gasteiger partial charge in [0.05, 0.1) is 0 Å². The number of halogens is 2. The number of rotatable bonds is 3. The fourth-order valence-electron chi connectivity index (χ4n) is 2.76. The van der Waals surface area contributed by atoms with Gasteiger partial charge in [-0.3, -0.25) is 0 Å². The average molecular weight is 478 g/mol. The van der Waals surface area contributed by atoms with Crippen LogP contribution in [0.5, 0.6) is 0 Å². The predicted octanol–water partition coefficient (Wildman–Crippen LogP) is 5.58. The molecule has 2 aromatic carbocycles. The van der Waals surface area contributed by atoms with Crippen molar-refractivity contribution in [1.29, 1.82) is 0 Å². The van der Waals surface area contributed by atoms with E-state index >= 15 is 0 Å². The van der Waals surface area contributed by atoms with Gasteiger partial charge in [0.2, 0.25) is 11.1 Å². The van der Waals surface area contributed by atoms with Crippen molar-refractivity contribution in [2.24, 2.45) is 0 Å². The van der Waals surface area contributed by atoms with Gasteiger partial charge in [-0.15, -0.1) is 5.10 Å². The number of nitrogens with zero attached hydrogens (tertiary/aromatic N) is 3. The molecule has 0 saturated carbocycles. The molecule has 0 aliphatic carbocycles. The molecule has 1 aliphatic heterocycles. The summed E-state index contributed by atoms with van der Waals surface area (Å²) in [5.74, 6) is 0.762. The molecule has 1 N–H and O–H groups in total. The summed E-state index contributed by atoms with van der Waals surface area (Å²) in [7, 11) is 0. The second-order valence-corrected chi connectivity index (χ2v) is 8.18. The van der Waals surface area contributed by atoms with Crippen molar-refractivity contribution in [1.82, 2.24) is 14.8 Å². The van der Waals surface area contributed by atoms with Crippen molar-refractivity contribution in [2.75, 3.05) is 11.6 Å². The number of anilines is 1. The minimum absolute atomic E-state index is 0.00334. The quantitative estimate of drug-likeness (QED) is 0.500. The molecule has 0 saturated heterocycles. The summed E-state index contributed by atoms with van der Waals surface area (Å²) in [6.45, 7) is 0. The van der Waals surface area contributed by atoms with Gasteiger partial charge in [-0.1, -0.05) is 67.9 Å². The first-order valence-corrected chi connectivity index (χ1v) is 10.5. The maximum absolute atomic E-state index is 4.63. The van der Waals surface area contributed by atoms with Crippen LogP contribution in [0.2, 0.25) is 0 Å². The van der Waals surface area contributed by atoms with E-state index in [2.05, 4.69) is 89.7 Å². The van der Waals surface area contributed by atoms with Crippen LogP contribution < -0.4 is 5.32 Å². The number of nitrogens with one attached hydrogen (secondary N) is 1. The van der Waals surface area contributed by atoms with E-state index in [4.69, 9.17) is 0 Å². The van der Waals surface area contributed by atoms with Crippen LogP contribution in [0, 0.1) is 0 Å². The summed E-state index contributed by atoms with van der Waals surface area (Å²) < 4.78 is 4.06. The lowest BCUT2D eigenvalue weighted by atomic mass is 10.0. The van der Waals surface area contributed by atoms with Gasteiger partial charge < -0.3 is 5.32 Å². The Morgan fingerprint density at radius 2 is 1.64 bits per heavy atom. The fraction of sp³-hybridized carbons (Fsp3) is 0.111. The Hall–Kier alpha value is -1.57. The van der Waals surface area contributed by atoms with Crippen molar-refractivity contribution in [3.05, 3.63) is 74.7 Å². The third-order valence-electron chi connectivity index (χ3n) is 4.00. The maximum Gasteiger partial charge on any atom is 0.227 e. The van der Waals surface area contributed by atoms with E-state index in [0.717, 1.165) is 36.9 Å². The van der Waals surface area contributed by atoms with Gasteiger partial charge in [0.25, 0.3) is 0 Å². The summed E-state index contributed by atoms with van der Waals surface area (Å²) in [5, 5.41) is 8.80. The normalized spacial score (nSPS) is 16.1. The summed E-state index contributed by atoms with van der Waals surface area (Å²) in [4.78, 5) is 4.60. The molecule has 0 amide bonds. The van der Waals surface area contributed by atoms with Crippen LogP contribution in [0.3, 0.4) is 0 Å². The van der Waals surface area contributed by atoms with Crippen molar-refractivity contribution in [2.45, 2.75) is 11.2 Å². The third-order valence-corrected chi connectivity index (χ3v) is 5.59. The van der Waals surface area contributed by atoms with Gasteiger partial charge in [0.1, 0.15) is 6.04 Å². The number of aromatic nitrogens is 3. The zero-order valence-corrected chi connectivity index (χ0v) is 17.3. The Morgan fingerprint density at radius 1 is 1.00 bits per heavy atom. The van der Waals surface area contributed by atoms with Gasteiger partial charge in [-0.25, -0.2) is 4.68 Å². The number of hydrogen-bond acceptors (Lipinski definition) is 4. The Kier molecular flexibility index (Phi) is 4.71. The standard InChI is InChI=1S/C18H14Br2N4S/c1-25-18-22-17-21-15(11-2-6-13(19)7-3-11)10-16(24(17)23-18)12-4-8-14(20)9-5-12/h2-10,16H,1H3,(H,21,22,23)/t16-/m0/s1. The van der Waals surface area contributed by atoms with E-state index in [1.807, 2.05) is 23.1 Å². The maximum atomic E-state index is 4.63. The first kappa shape index (κ1) is 16.9. The summed E-state index contributed by atoms with van der Waals surface area (Å²) in [6.07, 6.45) is 4.18. The molecule has 3 aromatic rings. The monoisotopic (exact) mass is 476 g/mol.